The van der Waals surface area contributed by atoms with E-state index in [1.165, 1.54) is 6.20 Å². The van der Waals surface area contributed by atoms with E-state index in [1.54, 1.807) is 51.4 Å². The number of aryl methyl sites for hydroxylation is 1. The number of ether oxygens (including phenoxy) is 2. The zero-order valence-corrected chi connectivity index (χ0v) is 26.8. The minimum absolute atomic E-state index is 0.0584. The number of carbonyl (C=O) groups excluding carboxylic acids is 2. The second-order valence-corrected chi connectivity index (χ2v) is 13.1. The summed E-state index contributed by atoms with van der Waals surface area (Å²) in [6.45, 7) is 14.2. The molecule has 1 aliphatic heterocycles. The van der Waals surface area contributed by atoms with Crippen LogP contribution in [0.1, 0.15) is 44.7 Å². The molecule has 6 rings (SSSR count). The summed E-state index contributed by atoms with van der Waals surface area (Å²) in [6, 6.07) is 5.16. The molecule has 1 aliphatic carbocycles. The standard InChI is InChI=1S/C34H40FN7O4/c1-20-6-7-36-17-25(20)24-14-22-15-27(37-18-26(22)31(30(24)35)40-33(44)46-34(3,4)5)39-32(43)29-21(2)28(29)23-16-38-42(19-23)9-8-41-10-12-45-13-11-41/h6-7,14-19,21,28-29H,8-13H2,1-5H3,(H,40,44)(H,37,39,43)/t21-,28+,29-/m0/s1. The number of pyridine rings is 2. The first kappa shape index (κ1) is 31.6. The summed E-state index contributed by atoms with van der Waals surface area (Å²) >= 11 is 0. The van der Waals surface area contributed by atoms with Crippen molar-refractivity contribution in [2.45, 2.75) is 52.7 Å². The normalized spacial score (nSPS) is 20.0. The lowest BCUT2D eigenvalue weighted by molar-refractivity contribution is -0.117. The second kappa shape index (κ2) is 12.8. The number of rotatable bonds is 8. The van der Waals surface area contributed by atoms with Gasteiger partial charge in [0.25, 0.3) is 0 Å². The lowest BCUT2D eigenvalue weighted by atomic mass is 9.98. The van der Waals surface area contributed by atoms with Crippen LogP contribution >= 0.6 is 0 Å². The van der Waals surface area contributed by atoms with E-state index in [0.29, 0.717) is 22.2 Å². The highest BCUT2D eigenvalue weighted by Gasteiger charge is 2.53. The first-order valence-electron chi connectivity index (χ1n) is 15.6. The summed E-state index contributed by atoms with van der Waals surface area (Å²) in [6.07, 6.45) is 7.78. The van der Waals surface area contributed by atoms with E-state index >= 15 is 4.39 Å². The van der Waals surface area contributed by atoms with E-state index in [0.717, 1.165) is 50.5 Å². The van der Waals surface area contributed by atoms with Crippen LogP contribution in [0.3, 0.4) is 0 Å². The molecule has 0 radical (unpaired) electrons. The molecule has 2 amide bonds. The van der Waals surface area contributed by atoms with Gasteiger partial charge in [0.05, 0.1) is 31.6 Å². The highest BCUT2D eigenvalue weighted by atomic mass is 19.1. The molecule has 2 N–H and O–H groups in total. The maximum absolute atomic E-state index is 16.1. The summed E-state index contributed by atoms with van der Waals surface area (Å²) in [5, 5.41) is 11.0. The average Bonchev–Trinajstić information content (AvgIpc) is 3.46. The molecule has 46 heavy (non-hydrogen) atoms. The average molecular weight is 630 g/mol. The van der Waals surface area contributed by atoms with Crippen molar-refractivity contribution in [2.75, 3.05) is 43.5 Å². The maximum Gasteiger partial charge on any atom is 0.412 e. The fourth-order valence-electron chi connectivity index (χ4n) is 6.14. The van der Waals surface area contributed by atoms with Gasteiger partial charge in [-0.2, -0.15) is 5.10 Å². The lowest BCUT2D eigenvalue weighted by Crippen LogP contribution is -2.38. The summed E-state index contributed by atoms with van der Waals surface area (Å²) < 4.78 is 28.8. The fraction of sp³-hybridized carbons (Fsp3) is 0.441. The van der Waals surface area contributed by atoms with Crippen molar-refractivity contribution < 1.29 is 23.5 Å². The third-order valence-corrected chi connectivity index (χ3v) is 8.64. The molecule has 3 atom stereocenters. The molecular formula is C34H40FN7O4. The molecule has 0 spiro atoms. The molecule has 242 valence electrons. The van der Waals surface area contributed by atoms with Gasteiger partial charge >= 0.3 is 6.09 Å². The van der Waals surface area contributed by atoms with Gasteiger partial charge in [0.15, 0.2) is 5.82 Å². The number of halogens is 1. The van der Waals surface area contributed by atoms with Gasteiger partial charge in [-0.25, -0.2) is 14.2 Å². The molecule has 2 aliphatic rings. The number of amides is 2. The number of fused-ring (bicyclic) bond motifs is 1. The number of nitrogens with one attached hydrogen (secondary N) is 2. The predicted octanol–water partition coefficient (Wildman–Crippen LogP) is 5.61. The number of morpholine rings is 1. The van der Waals surface area contributed by atoms with E-state index in [2.05, 4.69) is 37.5 Å². The molecule has 2 fully saturated rings. The Balaban J connectivity index is 1.21. The third-order valence-electron chi connectivity index (χ3n) is 8.64. The largest absolute Gasteiger partial charge is 0.444 e. The van der Waals surface area contributed by atoms with Gasteiger partial charge < -0.3 is 14.8 Å². The zero-order chi connectivity index (χ0) is 32.6. The van der Waals surface area contributed by atoms with E-state index < -0.39 is 17.5 Å². The van der Waals surface area contributed by atoms with Crippen LogP contribution in [0, 0.1) is 24.6 Å². The number of hydrogen-bond donors (Lipinski definition) is 2. The van der Waals surface area contributed by atoms with Crippen LogP contribution in [-0.2, 0) is 20.8 Å². The van der Waals surface area contributed by atoms with Crippen molar-refractivity contribution in [3.8, 4) is 11.1 Å². The summed E-state index contributed by atoms with van der Waals surface area (Å²) in [5.41, 5.74) is 1.87. The van der Waals surface area contributed by atoms with E-state index in [-0.39, 0.29) is 34.9 Å². The summed E-state index contributed by atoms with van der Waals surface area (Å²) in [4.78, 5) is 37.1. The van der Waals surface area contributed by atoms with Gasteiger partial charge in [-0.3, -0.25) is 24.7 Å². The van der Waals surface area contributed by atoms with Crippen molar-refractivity contribution in [1.82, 2.24) is 24.6 Å². The van der Waals surface area contributed by atoms with Crippen LogP contribution < -0.4 is 10.6 Å². The number of nitrogens with zero attached hydrogens (tertiary/aromatic N) is 5. The Bertz CT molecular complexity index is 1760. The Morgan fingerprint density at radius 1 is 1.09 bits per heavy atom. The van der Waals surface area contributed by atoms with Crippen molar-refractivity contribution in [1.29, 1.82) is 0 Å². The second-order valence-electron chi connectivity index (χ2n) is 13.1. The summed E-state index contributed by atoms with van der Waals surface area (Å²) in [7, 11) is 0. The molecule has 1 aromatic carbocycles. The van der Waals surface area contributed by atoms with Crippen LogP contribution in [0.5, 0.6) is 0 Å². The molecule has 0 bridgehead atoms. The van der Waals surface area contributed by atoms with Crippen LogP contribution in [0.15, 0.2) is 49.2 Å². The number of carbonyl (C=O) groups is 2. The van der Waals surface area contributed by atoms with E-state index in [4.69, 9.17) is 9.47 Å². The minimum atomic E-state index is -0.789. The Morgan fingerprint density at radius 3 is 2.61 bits per heavy atom. The highest BCUT2D eigenvalue weighted by Crippen LogP contribution is 2.54. The van der Waals surface area contributed by atoms with Crippen LogP contribution in [-0.4, -0.2) is 75.1 Å². The lowest BCUT2D eigenvalue weighted by Gasteiger charge is -2.26. The monoisotopic (exact) mass is 629 g/mol. The van der Waals surface area contributed by atoms with Gasteiger partial charge in [0.2, 0.25) is 5.91 Å². The SMILES string of the molecule is Cc1ccncc1-c1cc2cc(NC(=O)[C@H]3[C@@H](C)[C@@H]3c3cnn(CCN4CCOCC4)c3)ncc2c(NC(=O)OC(C)(C)C)c1F. The number of anilines is 2. The fourth-order valence-corrected chi connectivity index (χ4v) is 6.14. The predicted molar refractivity (Wildman–Crippen MR) is 173 cm³/mol. The molecule has 3 aromatic heterocycles. The van der Waals surface area contributed by atoms with Crippen LogP contribution in [0.4, 0.5) is 20.7 Å². The quantitative estimate of drug-likeness (QED) is 0.258. The van der Waals surface area contributed by atoms with E-state index in [9.17, 15) is 9.59 Å². The zero-order valence-electron chi connectivity index (χ0n) is 26.8. The molecule has 0 unspecified atom stereocenters. The molecule has 4 aromatic rings. The molecule has 12 heteroatoms. The van der Waals surface area contributed by atoms with Crippen LogP contribution in [0.2, 0.25) is 0 Å². The van der Waals surface area contributed by atoms with Gasteiger partial charge in [-0.15, -0.1) is 0 Å². The molecular weight excluding hydrogens is 589 g/mol. The molecule has 11 nitrogen and oxygen atoms in total. The van der Waals surface area contributed by atoms with Crippen molar-refractivity contribution >= 4 is 34.3 Å². The number of hydrogen-bond acceptors (Lipinski definition) is 8. The Labute approximate surface area is 267 Å². The third kappa shape index (κ3) is 6.87. The summed E-state index contributed by atoms with van der Waals surface area (Å²) in [5.74, 6) is -0.440. The van der Waals surface area contributed by atoms with Gasteiger partial charge in [-0.05, 0) is 68.3 Å². The molecule has 1 saturated heterocycles. The Morgan fingerprint density at radius 2 is 1.87 bits per heavy atom. The van der Waals surface area contributed by atoms with E-state index in [1.807, 2.05) is 24.0 Å². The Kier molecular flexibility index (Phi) is 8.75. The van der Waals surface area contributed by atoms with Crippen molar-refractivity contribution in [3.05, 3.63) is 66.1 Å². The van der Waals surface area contributed by atoms with Gasteiger partial charge in [0, 0.05) is 72.8 Å². The van der Waals surface area contributed by atoms with Gasteiger partial charge in [0.1, 0.15) is 11.4 Å². The van der Waals surface area contributed by atoms with Crippen LogP contribution in [0.25, 0.3) is 21.9 Å². The number of benzene rings is 1. The number of aromatic nitrogens is 4. The van der Waals surface area contributed by atoms with Crippen molar-refractivity contribution in [3.63, 3.8) is 0 Å². The smallest absolute Gasteiger partial charge is 0.412 e. The molecule has 4 heterocycles. The minimum Gasteiger partial charge on any atom is -0.444 e. The van der Waals surface area contributed by atoms with Gasteiger partial charge in [-0.1, -0.05) is 6.92 Å². The Hall–Kier alpha value is -4.42. The molecule has 1 saturated carbocycles. The van der Waals surface area contributed by atoms with Crippen molar-refractivity contribution in [2.24, 2.45) is 11.8 Å². The first-order chi connectivity index (χ1) is 22.0. The maximum atomic E-state index is 16.1. The highest BCUT2D eigenvalue weighted by molar-refractivity contribution is 6.05. The topological polar surface area (TPSA) is 124 Å². The first-order valence-corrected chi connectivity index (χ1v) is 15.6.